The fraction of sp³-hybridized carbons (Fsp3) is 0.385. The van der Waals surface area contributed by atoms with Gasteiger partial charge in [0.25, 0.3) is 0 Å². The van der Waals surface area contributed by atoms with Gasteiger partial charge in [0.1, 0.15) is 5.52 Å². The van der Waals surface area contributed by atoms with E-state index in [-0.39, 0.29) is 5.91 Å². The highest BCUT2D eigenvalue weighted by Gasteiger charge is 2.12. The number of nitrogens with two attached hydrogens (primary N) is 1. The molecular formula is C13H18N4O2. The van der Waals surface area contributed by atoms with E-state index >= 15 is 0 Å². The van der Waals surface area contributed by atoms with Crippen molar-refractivity contribution in [2.45, 2.75) is 13.5 Å². The number of fused-ring (bicyclic) bond motifs is 1. The number of anilines is 1. The van der Waals surface area contributed by atoms with Crippen LogP contribution in [0.15, 0.2) is 22.6 Å². The molecule has 0 unspecified atom stereocenters. The molecule has 1 heterocycles. The molecule has 102 valence electrons. The van der Waals surface area contributed by atoms with Gasteiger partial charge in [0, 0.05) is 18.8 Å². The topological polar surface area (TPSA) is 84.4 Å². The predicted octanol–water partition coefficient (Wildman–Crippen LogP) is 0.978. The number of carbonyl (C=O) groups excluding carboxylic acids is 1. The van der Waals surface area contributed by atoms with E-state index in [9.17, 15) is 4.79 Å². The van der Waals surface area contributed by atoms with Crippen molar-refractivity contribution in [3.8, 4) is 0 Å². The number of benzene rings is 1. The highest BCUT2D eigenvalue weighted by Crippen LogP contribution is 2.19. The van der Waals surface area contributed by atoms with Crippen LogP contribution in [-0.4, -0.2) is 35.9 Å². The molecule has 1 aromatic carbocycles. The van der Waals surface area contributed by atoms with Crippen LogP contribution < -0.4 is 11.1 Å². The number of nitrogens with one attached hydrogen (secondary N) is 1. The SMILES string of the molecule is CCN(CC(=O)NC)Cc1nc2ccc(N)cc2o1. The molecule has 0 atom stereocenters. The average molecular weight is 262 g/mol. The number of rotatable bonds is 5. The van der Waals surface area contributed by atoms with Gasteiger partial charge in [0.05, 0.1) is 13.1 Å². The number of likely N-dealkylation sites (N-methyl/N-ethyl adjacent to an activating group) is 2. The van der Waals surface area contributed by atoms with E-state index in [2.05, 4.69) is 10.3 Å². The van der Waals surface area contributed by atoms with Crippen LogP contribution in [-0.2, 0) is 11.3 Å². The van der Waals surface area contributed by atoms with Gasteiger partial charge >= 0.3 is 0 Å². The van der Waals surface area contributed by atoms with Gasteiger partial charge in [-0.2, -0.15) is 0 Å². The maximum Gasteiger partial charge on any atom is 0.233 e. The van der Waals surface area contributed by atoms with Crippen LogP contribution in [0.4, 0.5) is 5.69 Å². The molecule has 6 heteroatoms. The van der Waals surface area contributed by atoms with Crippen molar-refractivity contribution in [1.82, 2.24) is 15.2 Å². The van der Waals surface area contributed by atoms with E-state index < -0.39 is 0 Å². The summed E-state index contributed by atoms with van der Waals surface area (Å²) in [5.74, 6) is 0.563. The van der Waals surface area contributed by atoms with E-state index in [1.54, 1.807) is 19.2 Å². The fourth-order valence-corrected chi connectivity index (χ4v) is 1.81. The lowest BCUT2D eigenvalue weighted by atomic mass is 10.3. The highest BCUT2D eigenvalue weighted by molar-refractivity contribution is 5.78. The Morgan fingerprint density at radius 3 is 3.00 bits per heavy atom. The van der Waals surface area contributed by atoms with Crippen LogP contribution >= 0.6 is 0 Å². The van der Waals surface area contributed by atoms with E-state index in [0.717, 1.165) is 12.1 Å². The van der Waals surface area contributed by atoms with Crippen LogP contribution in [0.5, 0.6) is 0 Å². The van der Waals surface area contributed by atoms with Crippen molar-refractivity contribution in [3.63, 3.8) is 0 Å². The molecule has 0 spiro atoms. The maximum absolute atomic E-state index is 11.4. The lowest BCUT2D eigenvalue weighted by Crippen LogP contribution is -2.35. The lowest BCUT2D eigenvalue weighted by molar-refractivity contribution is -0.121. The van der Waals surface area contributed by atoms with Gasteiger partial charge in [-0.1, -0.05) is 6.92 Å². The first kappa shape index (κ1) is 13.4. The summed E-state index contributed by atoms with van der Waals surface area (Å²) in [6, 6.07) is 5.37. The van der Waals surface area contributed by atoms with E-state index in [1.807, 2.05) is 17.9 Å². The molecule has 3 N–H and O–H groups in total. The number of hydrogen-bond acceptors (Lipinski definition) is 5. The molecule has 0 saturated carbocycles. The molecule has 0 aliphatic carbocycles. The third-order valence-corrected chi connectivity index (χ3v) is 2.91. The van der Waals surface area contributed by atoms with Crippen molar-refractivity contribution in [1.29, 1.82) is 0 Å². The Morgan fingerprint density at radius 1 is 1.53 bits per heavy atom. The van der Waals surface area contributed by atoms with Crippen molar-refractivity contribution in [2.24, 2.45) is 0 Å². The smallest absolute Gasteiger partial charge is 0.233 e. The molecule has 0 aliphatic heterocycles. The zero-order valence-corrected chi connectivity index (χ0v) is 11.1. The molecule has 2 rings (SSSR count). The molecule has 0 fully saturated rings. The summed E-state index contributed by atoms with van der Waals surface area (Å²) in [5, 5.41) is 2.60. The minimum atomic E-state index is -0.0257. The molecule has 1 aromatic heterocycles. The minimum Gasteiger partial charge on any atom is -0.439 e. The second-order valence-corrected chi connectivity index (χ2v) is 4.31. The first-order chi connectivity index (χ1) is 9.12. The maximum atomic E-state index is 11.4. The summed E-state index contributed by atoms with van der Waals surface area (Å²) in [7, 11) is 1.62. The van der Waals surface area contributed by atoms with Crippen LogP contribution in [0.25, 0.3) is 11.1 Å². The summed E-state index contributed by atoms with van der Waals surface area (Å²) in [6.07, 6.45) is 0. The molecule has 19 heavy (non-hydrogen) atoms. The average Bonchev–Trinajstić information content (AvgIpc) is 2.79. The number of carbonyl (C=O) groups is 1. The van der Waals surface area contributed by atoms with Gasteiger partial charge in [-0.25, -0.2) is 4.98 Å². The number of nitrogens with zero attached hydrogens (tertiary/aromatic N) is 2. The van der Waals surface area contributed by atoms with Crippen LogP contribution in [0.2, 0.25) is 0 Å². The summed E-state index contributed by atoms with van der Waals surface area (Å²) < 4.78 is 5.63. The third-order valence-electron chi connectivity index (χ3n) is 2.91. The number of hydrogen-bond donors (Lipinski definition) is 2. The van der Waals surface area contributed by atoms with Crippen molar-refractivity contribution in [2.75, 3.05) is 25.9 Å². The summed E-state index contributed by atoms with van der Waals surface area (Å²) in [4.78, 5) is 17.7. The standard InChI is InChI=1S/C13H18N4O2/c1-3-17(7-12(18)15-2)8-13-16-10-5-4-9(14)6-11(10)19-13/h4-6H,3,7-8,14H2,1-2H3,(H,15,18). The zero-order chi connectivity index (χ0) is 13.8. The first-order valence-corrected chi connectivity index (χ1v) is 6.20. The van der Waals surface area contributed by atoms with E-state index in [4.69, 9.17) is 10.2 Å². The molecule has 0 saturated heterocycles. The third kappa shape index (κ3) is 3.23. The molecule has 6 nitrogen and oxygen atoms in total. The van der Waals surface area contributed by atoms with Crippen molar-refractivity contribution < 1.29 is 9.21 Å². The second-order valence-electron chi connectivity index (χ2n) is 4.31. The van der Waals surface area contributed by atoms with Crippen LogP contribution in [0.3, 0.4) is 0 Å². The van der Waals surface area contributed by atoms with Gasteiger partial charge in [-0.15, -0.1) is 0 Å². The van der Waals surface area contributed by atoms with Crippen LogP contribution in [0, 0.1) is 0 Å². The molecule has 0 bridgehead atoms. The lowest BCUT2D eigenvalue weighted by Gasteiger charge is -2.16. The van der Waals surface area contributed by atoms with Gasteiger partial charge in [0.15, 0.2) is 5.58 Å². The Bertz CT molecular complexity index is 579. The Kier molecular flexibility index (Phi) is 4.01. The van der Waals surface area contributed by atoms with Gasteiger partial charge in [-0.05, 0) is 18.7 Å². The van der Waals surface area contributed by atoms with Crippen molar-refractivity contribution >= 4 is 22.7 Å². The normalized spacial score (nSPS) is 11.1. The number of nitrogen functional groups attached to an aromatic ring is 1. The van der Waals surface area contributed by atoms with Crippen LogP contribution in [0.1, 0.15) is 12.8 Å². The molecule has 0 radical (unpaired) electrons. The fourth-order valence-electron chi connectivity index (χ4n) is 1.81. The minimum absolute atomic E-state index is 0.0257. The summed E-state index contributed by atoms with van der Waals surface area (Å²) in [5.41, 5.74) is 7.79. The predicted molar refractivity (Wildman–Crippen MR) is 73.4 cm³/mol. The summed E-state index contributed by atoms with van der Waals surface area (Å²) in [6.45, 7) is 3.56. The van der Waals surface area contributed by atoms with Gasteiger partial charge < -0.3 is 15.5 Å². The number of aromatic nitrogens is 1. The summed E-state index contributed by atoms with van der Waals surface area (Å²) >= 11 is 0. The van der Waals surface area contributed by atoms with Gasteiger partial charge in [0.2, 0.25) is 11.8 Å². The molecule has 0 aliphatic rings. The Hall–Kier alpha value is -2.08. The Labute approximate surface area is 111 Å². The monoisotopic (exact) mass is 262 g/mol. The highest BCUT2D eigenvalue weighted by atomic mass is 16.3. The molecule has 1 amide bonds. The molecular weight excluding hydrogens is 244 g/mol. The largest absolute Gasteiger partial charge is 0.439 e. The van der Waals surface area contributed by atoms with E-state index in [1.165, 1.54) is 0 Å². The Balaban J connectivity index is 2.13. The number of amides is 1. The van der Waals surface area contributed by atoms with Gasteiger partial charge in [-0.3, -0.25) is 9.69 Å². The van der Waals surface area contributed by atoms with Crippen molar-refractivity contribution in [3.05, 3.63) is 24.1 Å². The zero-order valence-electron chi connectivity index (χ0n) is 11.1. The second kappa shape index (κ2) is 5.71. The molecule has 2 aromatic rings. The first-order valence-electron chi connectivity index (χ1n) is 6.20. The van der Waals surface area contributed by atoms with E-state index in [0.29, 0.717) is 30.3 Å². The quantitative estimate of drug-likeness (QED) is 0.785. The Morgan fingerprint density at radius 2 is 2.32 bits per heavy atom. The number of oxazole rings is 1.